The van der Waals surface area contributed by atoms with E-state index in [1.165, 1.54) is 5.56 Å². The molecule has 0 fully saturated rings. The summed E-state index contributed by atoms with van der Waals surface area (Å²) < 4.78 is 26.8. The summed E-state index contributed by atoms with van der Waals surface area (Å²) >= 11 is 5.80. The zero-order valence-corrected chi connectivity index (χ0v) is 15.9. The Morgan fingerprint density at radius 3 is 2.50 bits per heavy atom. The van der Waals surface area contributed by atoms with Crippen molar-refractivity contribution in [1.82, 2.24) is 9.62 Å². The number of fused-ring (bicyclic) bond motifs is 1. The maximum absolute atomic E-state index is 12.4. The van der Waals surface area contributed by atoms with E-state index in [4.69, 9.17) is 11.6 Å². The molecule has 0 aliphatic carbocycles. The number of benzene rings is 2. The predicted octanol–water partition coefficient (Wildman–Crippen LogP) is 2.73. The summed E-state index contributed by atoms with van der Waals surface area (Å²) in [5, 5.41) is 0.563. The van der Waals surface area contributed by atoms with Gasteiger partial charge in [-0.1, -0.05) is 48.0 Å². The summed E-state index contributed by atoms with van der Waals surface area (Å²) in [5.74, 6) is -0.163. The highest BCUT2D eigenvalue weighted by molar-refractivity contribution is 7.88. The first kappa shape index (κ1) is 18.9. The maximum Gasteiger partial charge on any atom is 0.224 e. The van der Waals surface area contributed by atoms with Gasteiger partial charge < -0.3 is 4.90 Å². The maximum atomic E-state index is 12.4. The van der Waals surface area contributed by atoms with Crippen molar-refractivity contribution >= 4 is 27.5 Å². The molecule has 138 valence electrons. The first-order valence-electron chi connectivity index (χ1n) is 8.49. The van der Waals surface area contributed by atoms with Gasteiger partial charge in [0.2, 0.25) is 15.9 Å². The fourth-order valence-corrected chi connectivity index (χ4v) is 4.30. The third-order valence-corrected chi connectivity index (χ3v) is 6.02. The minimum atomic E-state index is -3.49. The molecule has 3 rings (SSSR count). The van der Waals surface area contributed by atoms with Crippen LogP contribution in [0.4, 0.5) is 0 Å². The lowest BCUT2D eigenvalue weighted by atomic mass is 10.00. The number of sulfonamides is 1. The van der Waals surface area contributed by atoms with Crippen molar-refractivity contribution in [2.45, 2.75) is 25.1 Å². The second-order valence-corrected chi connectivity index (χ2v) is 8.61. The Kier molecular flexibility index (Phi) is 5.96. The van der Waals surface area contributed by atoms with Gasteiger partial charge in [-0.2, -0.15) is 0 Å². The Hall–Kier alpha value is -1.89. The molecule has 5 nitrogen and oxygen atoms in total. The molecule has 0 radical (unpaired) electrons. The van der Waals surface area contributed by atoms with Crippen LogP contribution in [-0.2, 0) is 33.5 Å². The van der Waals surface area contributed by atoms with Gasteiger partial charge in [-0.3, -0.25) is 4.79 Å². The average molecular weight is 393 g/mol. The largest absolute Gasteiger partial charge is 0.338 e. The van der Waals surface area contributed by atoms with Crippen molar-refractivity contribution in [3.05, 3.63) is 70.2 Å². The quantitative estimate of drug-likeness (QED) is 0.821. The summed E-state index contributed by atoms with van der Waals surface area (Å²) in [4.78, 5) is 14.2. The Morgan fingerprint density at radius 1 is 1.08 bits per heavy atom. The number of carbonyl (C=O) groups excluding carboxylic acids is 1. The lowest BCUT2D eigenvalue weighted by molar-refractivity contribution is -0.131. The second kappa shape index (κ2) is 8.20. The van der Waals surface area contributed by atoms with Crippen LogP contribution in [0.5, 0.6) is 0 Å². The van der Waals surface area contributed by atoms with Crippen molar-refractivity contribution in [2.24, 2.45) is 0 Å². The van der Waals surface area contributed by atoms with E-state index < -0.39 is 10.0 Å². The van der Waals surface area contributed by atoms with Gasteiger partial charge in [-0.05, 0) is 35.2 Å². The highest BCUT2D eigenvalue weighted by Crippen LogP contribution is 2.19. The van der Waals surface area contributed by atoms with E-state index >= 15 is 0 Å². The minimum Gasteiger partial charge on any atom is -0.338 e. The van der Waals surface area contributed by atoms with Gasteiger partial charge >= 0.3 is 0 Å². The Morgan fingerprint density at radius 2 is 1.77 bits per heavy atom. The van der Waals surface area contributed by atoms with Crippen molar-refractivity contribution in [3.8, 4) is 0 Å². The normalized spacial score (nSPS) is 14.1. The van der Waals surface area contributed by atoms with Gasteiger partial charge in [0, 0.05) is 31.1 Å². The molecule has 7 heteroatoms. The molecule has 1 amide bonds. The molecular formula is C19H21ClN2O3S. The van der Waals surface area contributed by atoms with Crippen LogP contribution in [0.3, 0.4) is 0 Å². The van der Waals surface area contributed by atoms with Crippen LogP contribution in [0.1, 0.15) is 23.1 Å². The number of amides is 1. The molecule has 0 saturated heterocycles. The zero-order chi connectivity index (χ0) is 18.6. The molecule has 26 heavy (non-hydrogen) atoms. The van der Waals surface area contributed by atoms with Crippen molar-refractivity contribution < 1.29 is 13.2 Å². The third kappa shape index (κ3) is 5.06. The van der Waals surface area contributed by atoms with Gasteiger partial charge in [0.25, 0.3) is 0 Å². The number of hydrogen-bond donors (Lipinski definition) is 1. The van der Waals surface area contributed by atoms with Crippen molar-refractivity contribution in [2.75, 3.05) is 13.1 Å². The van der Waals surface area contributed by atoms with Crippen LogP contribution in [0.25, 0.3) is 0 Å². The summed E-state index contributed by atoms with van der Waals surface area (Å²) in [6.07, 6.45) is 0.992. The molecule has 0 saturated carbocycles. The van der Waals surface area contributed by atoms with Gasteiger partial charge in [0.15, 0.2) is 0 Å². The van der Waals surface area contributed by atoms with Crippen LogP contribution in [0.2, 0.25) is 5.02 Å². The molecule has 1 aliphatic heterocycles. The van der Waals surface area contributed by atoms with E-state index in [0.29, 0.717) is 23.7 Å². The monoisotopic (exact) mass is 392 g/mol. The molecule has 1 N–H and O–H groups in total. The number of hydrogen-bond acceptors (Lipinski definition) is 3. The molecule has 2 aromatic rings. The van der Waals surface area contributed by atoms with E-state index in [-0.39, 0.29) is 24.6 Å². The molecule has 2 aromatic carbocycles. The number of rotatable bonds is 6. The SMILES string of the molecule is O=C(CCNS(=O)(=O)Cc1ccc(Cl)cc1)N1CCc2ccccc2C1. The van der Waals surface area contributed by atoms with Crippen LogP contribution >= 0.6 is 11.6 Å². The number of nitrogens with zero attached hydrogens (tertiary/aromatic N) is 1. The average Bonchev–Trinajstić information content (AvgIpc) is 2.63. The highest BCUT2D eigenvalue weighted by Gasteiger charge is 2.20. The van der Waals surface area contributed by atoms with Crippen molar-refractivity contribution in [3.63, 3.8) is 0 Å². The van der Waals surface area contributed by atoms with Crippen LogP contribution in [0.15, 0.2) is 48.5 Å². The lowest BCUT2D eigenvalue weighted by Gasteiger charge is -2.29. The lowest BCUT2D eigenvalue weighted by Crippen LogP contribution is -2.38. The number of carbonyl (C=O) groups is 1. The Balaban J connectivity index is 1.48. The zero-order valence-electron chi connectivity index (χ0n) is 14.3. The highest BCUT2D eigenvalue weighted by atomic mass is 35.5. The van der Waals surface area contributed by atoms with Crippen LogP contribution < -0.4 is 4.72 Å². The van der Waals surface area contributed by atoms with Gasteiger partial charge in [0.1, 0.15) is 0 Å². The van der Waals surface area contributed by atoms with Crippen LogP contribution in [-0.4, -0.2) is 32.3 Å². The topological polar surface area (TPSA) is 66.5 Å². The first-order chi connectivity index (χ1) is 12.4. The predicted molar refractivity (Wildman–Crippen MR) is 102 cm³/mol. The number of halogens is 1. The molecule has 1 aliphatic rings. The Bertz CT molecular complexity index is 882. The van der Waals surface area contributed by atoms with E-state index in [1.807, 2.05) is 18.2 Å². The minimum absolute atomic E-state index is 0.0336. The summed E-state index contributed by atoms with van der Waals surface area (Å²) in [6, 6.07) is 14.8. The van der Waals surface area contributed by atoms with Gasteiger partial charge in [-0.25, -0.2) is 13.1 Å². The third-order valence-electron chi connectivity index (χ3n) is 4.41. The van der Waals surface area contributed by atoms with Gasteiger partial charge in [0.05, 0.1) is 5.75 Å². The standard InChI is InChI=1S/C19H21ClN2O3S/c20-18-7-5-15(6-8-18)14-26(24,25)21-11-9-19(23)22-12-10-16-3-1-2-4-17(16)13-22/h1-8,21H,9-14H2. The summed E-state index contributed by atoms with van der Waals surface area (Å²) in [7, 11) is -3.49. The van der Waals surface area contributed by atoms with Crippen LogP contribution in [0, 0.1) is 0 Å². The Labute approximate surface area is 159 Å². The first-order valence-corrected chi connectivity index (χ1v) is 10.5. The summed E-state index contributed by atoms with van der Waals surface area (Å²) in [6.45, 7) is 1.37. The van der Waals surface area contributed by atoms with E-state index in [2.05, 4.69) is 10.8 Å². The second-order valence-electron chi connectivity index (χ2n) is 6.36. The van der Waals surface area contributed by atoms with E-state index in [9.17, 15) is 13.2 Å². The molecule has 0 bridgehead atoms. The fourth-order valence-electron chi connectivity index (χ4n) is 3.03. The smallest absolute Gasteiger partial charge is 0.224 e. The van der Waals surface area contributed by atoms with Crippen molar-refractivity contribution in [1.29, 1.82) is 0 Å². The van der Waals surface area contributed by atoms with E-state index in [0.717, 1.165) is 12.0 Å². The molecule has 0 spiro atoms. The molecule has 1 heterocycles. The molecule has 0 unspecified atom stereocenters. The van der Waals surface area contributed by atoms with E-state index in [1.54, 1.807) is 29.2 Å². The van der Waals surface area contributed by atoms with Gasteiger partial charge in [-0.15, -0.1) is 0 Å². The summed E-state index contributed by atoms with van der Waals surface area (Å²) in [5.41, 5.74) is 3.09. The number of nitrogens with one attached hydrogen (secondary N) is 1. The molecule has 0 aromatic heterocycles. The molecular weight excluding hydrogens is 372 g/mol. The fraction of sp³-hybridized carbons (Fsp3) is 0.316. The molecule has 0 atom stereocenters.